The van der Waals surface area contributed by atoms with E-state index in [0.717, 1.165) is 24.3 Å². The molecule has 2 rings (SSSR count). The van der Waals surface area contributed by atoms with Gasteiger partial charge in [0.1, 0.15) is 0 Å². The molecule has 0 spiro atoms. The Bertz CT molecular complexity index is 377. The minimum absolute atomic E-state index is 0.0352. The first-order valence-corrected chi connectivity index (χ1v) is 5.21. The van der Waals surface area contributed by atoms with Gasteiger partial charge in [0.25, 0.3) is 0 Å². The summed E-state index contributed by atoms with van der Waals surface area (Å²) >= 11 is 0. The molecule has 2 N–H and O–H groups in total. The van der Waals surface area contributed by atoms with E-state index in [1.165, 1.54) is 0 Å². The van der Waals surface area contributed by atoms with Crippen LogP contribution in [0.1, 0.15) is 5.56 Å². The Hall–Kier alpha value is -1.59. The van der Waals surface area contributed by atoms with E-state index in [9.17, 15) is 4.79 Å². The maximum atomic E-state index is 11.7. The Kier molecular flexibility index (Phi) is 3.07. The first-order chi connectivity index (χ1) is 7.72. The van der Waals surface area contributed by atoms with Gasteiger partial charge in [-0.05, 0) is 17.7 Å². The molecule has 1 fully saturated rings. The summed E-state index contributed by atoms with van der Waals surface area (Å²) in [5.74, 6) is 0. The minimum Gasteiger partial charge on any atom is -0.326 e. The summed E-state index contributed by atoms with van der Waals surface area (Å²) < 4.78 is 0. The van der Waals surface area contributed by atoms with Crippen LogP contribution in [0.3, 0.4) is 0 Å². The van der Waals surface area contributed by atoms with Gasteiger partial charge in [-0.2, -0.15) is 0 Å². The number of urea groups is 1. The third-order valence-corrected chi connectivity index (χ3v) is 2.75. The van der Waals surface area contributed by atoms with Crippen LogP contribution in [0.25, 0.3) is 0 Å². The molecule has 1 aromatic rings. The zero-order chi connectivity index (χ0) is 11.5. The number of amides is 2. The molecule has 1 aliphatic heterocycles. The van der Waals surface area contributed by atoms with Gasteiger partial charge in [-0.25, -0.2) is 10.3 Å². The second kappa shape index (κ2) is 4.51. The highest BCUT2D eigenvalue weighted by Gasteiger charge is 2.26. The van der Waals surface area contributed by atoms with Crippen molar-refractivity contribution in [2.45, 2.75) is 6.54 Å². The van der Waals surface area contributed by atoms with E-state index in [0.29, 0.717) is 6.54 Å². The number of anilines is 1. The van der Waals surface area contributed by atoms with Crippen molar-refractivity contribution in [2.24, 2.45) is 0 Å². The van der Waals surface area contributed by atoms with Crippen LogP contribution in [0, 0.1) is 0 Å². The van der Waals surface area contributed by atoms with Gasteiger partial charge < -0.3 is 10.1 Å². The molecule has 0 bridgehead atoms. The van der Waals surface area contributed by atoms with E-state index < -0.39 is 0 Å². The van der Waals surface area contributed by atoms with E-state index in [1.54, 1.807) is 16.8 Å². The third kappa shape index (κ3) is 2.00. The van der Waals surface area contributed by atoms with Gasteiger partial charge in [-0.3, -0.25) is 4.90 Å². The Morgan fingerprint density at radius 2 is 2.00 bits per heavy atom. The quantitative estimate of drug-likeness (QED) is 0.750. The second-order valence-electron chi connectivity index (χ2n) is 3.86. The van der Waals surface area contributed by atoms with Gasteiger partial charge >= 0.3 is 6.03 Å². The van der Waals surface area contributed by atoms with Crippen molar-refractivity contribution in [3.8, 4) is 0 Å². The maximum Gasteiger partial charge on any atom is 0.324 e. The molecular formula is C11H15N3O2. The summed E-state index contributed by atoms with van der Waals surface area (Å²) in [6, 6.07) is 7.61. The number of nitrogens with zero attached hydrogens (tertiary/aromatic N) is 2. The molecule has 1 heterocycles. The molecule has 1 aliphatic rings. The molecule has 0 unspecified atom stereocenters. The summed E-state index contributed by atoms with van der Waals surface area (Å²) in [4.78, 5) is 15.2. The first-order valence-electron chi connectivity index (χ1n) is 5.21. The number of likely N-dealkylation sites (N-methyl/N-ethyl adjacent to an activating group) is 1. The molecule has 0 aromatic heterocycles. The van der Waals surface area contributed by atoms with Crippen molar-refractivity contribution in [3.05, 3.63) is 29.8 Å². The zero-order valence-electron chi connectivity index (χ0n) is 9.18. The van der Waals surface area contributed by atoms with E-state index in [1.807, 2.05) is 24.3 Å². The molecule has 0 radical (unpaired) electrons. The number of hydroxylamine groups is 1. The van der Waals surface area contributed by atoms with Crippen molar-refractivity contribution >= 4 is 11.7 Å². The number of carbonyl (C=O) groups excluding carboxylic acids is 1. The van der Waals surface area contributed by atoms with Crippen molar-refractivity contribution in [1.29, 1.82) is 0 Å². The molecule has 5 heteroatoms. The van der Waals surface area contributed by atoms with Crippen LogP contribution in [0.2, 0.25) is 0 Å². The number of nitrogens with one attached hydrogen (secondary N) is 1. The normalized spacial score (nSPS) is 16.0. The smallest absolute Gasteiger partial charge is 0.324 e. The lowest BCUT2D eigenvalue weighted by molar-refractivity contribution is 0.161. The summed E-state index contributed by atoms with van der Waals surface area (Å²) in [7, 11) is 1.80. The standard InChI is InChI=1S/C11H15N3O2/c1-13-6-7-14(11(13)15)10-4-2-9(3-5-10)8-12-16/h2-5,12,16H,6-8H2,1H3. The SMILES string of the molecule is CN1CCN(c2ccc(CNO)cc2)C1=O. The Morgan fingerprint density at radius 3 is 2.50 bits per heavy atom. The molecule has 5 nitrogen and oxygen atoms in total. The summed E-state index contributed by atoms with van der Waals surface area (Å²) in [5, 5.41) is 8.56. The first kappa shape index (κ1) is 10.9. The lowest BCUT2D eigenvalue weighted by atomic mass is 10.2. The van der Waals surface area contributed by atoms with Gasteiger partial charge in [0.2, 0.25) is 0 Å². The van der Waals surface area contributed by atoms with E-state index in [2.05, 4.69) is 5.48 Å². The molecule has 86 valence electrons. The van der Waals surface area contributed by atoms with Crippen LogP contribution in [0.15, 0.2) is 24.3 Å². The lowest BCUT2D eigenvalue weighted by Gasteiger charge is -2.16. The monoisotopic (exact) mass is 221 g/mol. The number of benzene rings is 1. The van der Waals surface area contributed by atoms with Gasteiger partial charge in [0, 0.05) is 32.4 Å². The van der Waals surface area contributed by atoms with Gasteiger partial charge in [0.15, 0.2) is 0 Å². The highest BCUT2D eigenvalue weighted by Crippen LogP contribution is 2.19. The largest absolute Gasteiger partial charge is 0.326 e. The number of hydrogen-bond acceptors (Lipinski definition) is 3. The summed E-state index contributed by atoms with van der Waals surface area (Å²) in [6.07, 6.45) is 0. The number of carbonyl (C=O) groups is 1. The highest BCUT2D eigenvalue weighted by molar-refractivity contribution is 5.93. The zero-order valence-corrected chi connectivity index (χ0v) is 9.18. The average Bonchev–Trinajstić information content (AvgIpc) is 2.62. The molecule has 16 heavy (non-hydrogen) atoms. The molecule has 1 saturated heterocycles. The molecule has 0 atom stereocenters. The predicted octanol–water partition coefficient (Wildman–Crippen LogP) is 1.04. The summed E-state index contributed by atoms with van der Waals surface area (Å²) in [6.45, 7) is 1.90. The van der Waals surface area contributed by atoms with Gasteiger partial charge in [-0.15, -0.1) is 0 Å². The molecule has 1 aromatic carbocycles. The van der Waals surface area contributed by atoms with E-state index >= 15 is 0 Å². The topological polar surface area (TPSA) is 55.8 Å². The molecule has 2 amide bonds. The Balaban J connectivity index is 2.13. The van der Waals surface area contributed by atoms with E-state index in [-0.39, 0.29) is 6.03 Å². The molecular weight excluding hydrogens is 206 g/mol. The minimum atomic E-state index is 0.0352. The fraction of sp³-hybridized carbons (Fsp3) is 0.364. The van der Waals surface area contributed by atoms with Crippen LogP contribution in [0.5, 0.6) is 0 Å². The maximum absolute atomic E-state index is 11.7. The van der Waals surface area contributed by atoms with Gasteiger partial charge in [-0.1, -0.05) is 12.1 Å². The predicted molar refractivity (Wildman–Crippen MR) is 60.4 cm³/mol. The number of rotatable bonds is 3. The molecule has 0 aliphatic carbocycles. The van der Waals surface area contributed by atoms with Crippen LogP contribution in [0.4, 0.5) is 10.5 Å². The van der Waals surface area contributed by atoms with Crippen molar-refractivity contribution in [3.63, 3.8) is 0 Å². The van der Waals surface area contributed by atoms with E-state index in [4.69, 9.17) is 5.21 Å². The number of hydrogen-bond donors (Lipinski definition) is 2. The third-order valence-electron chi connectivity index (χ3n) is 2.75. The van der Waals surface area contributed by atoms with Crippen molar-refractivity contribution < 1.29 is 10.0 Å². The van der Waals surface area contributed by atoms with Crippen molar-refractivity contribution in [2.75, 3.05) is 25.0 Å². The lowest BCUT2D eigenvalue weighted by Crippen LogP contribution is -2.29. The fourth-order valence-electron chi connectivity index (χ4n) is 1.77. The second-order valence-corrected chi connectivity index (χ2v) is 3.86. The van der Waals surface area contributed by atoms with Crippen LogP contribution in [-0.4, -0.2) is 36.3 Å². The highest BCUT2D eigenvalue weighted by atomic mass is 16.5. The van der Waals surface area contributed by atoms with Crippen LogP contribution in [-0.2, 0) is 6.54 Å². The molecule has 0 saturated carbocycles. The van der Waals surface area contributed by atoms with Gasteiger partial charge in [0.05, 0.1) is 0 Å². The van der Waals surface area contributed by atoms with Crippen LogP contribution >= 0.6 is 0 Å². The Labute approximate surface area is 94.2 Å². The average molecular weight is 221 g/mol. The van der Waals surface area contributed by atoms with Crippen molar-refractivity contribution in [1.82, 2.24) is 10.4 Å². The summed E-state index contributed by atoms with van der Waals surface area (Å²) in [5.41, 5.74) is 3.98. The Morgan fingerprint density at radius 1 is 1.31 bits per heavy atom. The fourth-order valence-corrected chi connectivity index (χ4v) is 1.77. The van der Waals surface area contributed by atoms with Crippen LogP contribution < -0.4 is 10.4 Å².